The Morgan fingerprint density at radius 2 is 1.67 bits per heavy atom. The highest BCUT2D eigenvalue weighted by molar-refractivity contribution is 14.0. The lowest BCUT2D eigenvalue weighted by atomic mass is 10.1. The number of aryl methyl sites for hydroxylation is 1. The van der Waals surface area contributed by atoms with Gasteiger partial charge in [-0.1, -0.05) is 29.8 Å². The molecule has 130 valence electrons. The minimum atomic E-state index is -3.15. The molecule has 0 fully saturated rings. The molecule has 0 aliphatic carbocycles. The molecular formula is C17H22IN3O2S. The van der Waals surface area contributed by atoms with Crippen molar-refractivity contribution in [3.05, 3.63) is 59.7 Å². The van der Waals surface area contributed by atoms with Crippen LogP contribution in [0.3, 0.4) is 0 Å². The first kappa shape index (κ1) is 20.4. The SMILES string of the molecule is Cc1ccc(NC(N)=NCCc2ccc(S(C)(=O)=O)cc2)cc1.I. The summed E-state index contributed by atoms with van der Waals surface area (Å²) < 4.78 is 22.8. The average molecular weight is 459 g/mol. The monoisotopic (exact) mass is 459 g/mol. The maximum Gasteiger partial charge on any atom is 0.193 e. The molecule has 0 radical (unpaired) electrons. The third-order valence-corrected chi connectivity index (χ3v) is 4.49. The average Bonchev–Trinajstić information content (AvgIpc) is 2.49. The second-order valence-electron chi connectivity index (χ2n) is 5.42. The second kappa shape index (κ2) is 9.03. The highest BCUT2D eigenvalue weighted by Crippen LogP contribution is 2.11. The molecule has 0 aromatic heterocycles. The van der Waals surface area contributed by atoms with Gasteiger partial charge in [0.2, 0.25) is 0 Å². The summed E-state index contributed by atoms with van der Waals surface area (Å²) in [6.45, 7) is 2.55. The molecule has 0 bridgehead atoms. The van der Waals surface area contributed by atoms with Gasteiger partial charge in [0.1, 0.15) is 0 Å². The molecule has 2 rings (SSSR count). The Kier molecular flexibility index (Phi) is 7.68. The Labute approximate surface area is 160 Å². The number of sulfone groups is 1. The van der Waals surface area contributed by atoms with Gasteiger partial charge in [-0.05, 0) is 43.2 Å². The third-order valence-electron chi connectivity index (χ3n) is 3.36. The zero-order valence-corrected chi connectivity index (χ0v) is 16.8. The van der Waals surface area contributed by atoms with Crippen LogP contribution in [0.5, 0.6) is 0 Å². The van der Waals surface area contributed by atoms with E-state index in [9.17, 15) is 8.42 Å². The van der Waals surface area contributed by atoms with Gasteiger partial charge in [-0.15, -0.1) is 24.0 Å². The Morgan fingerprint density at radius 1 is 1.08 bits per heavy atom. The maximum atomic E-state index is 11.4. The van der Waals surface area contributed by atoms with E-state index in [1.54, 1.807) is 24.3 Å². The lowest BCUT2D eigenvalue weighted by molar-refractivity contribution is 0.602. The van der Waals surface area contributed by atoms with Crippen LogP contribution in [-0.4, -0.2) is 27.2 Å². The standard InChI is InChI=1S/C17H21N3O2S.HI/c1-13-3-7-15(8-4-13)20-17(18)19-12-11-14-5-9-16(10-6-14)23(2,21)22;/h3-10H,11-12H2,1-2H3,(H3,18,19,20);1H. The van der Waals surface area contributed by atoms with E-state index in [0.29, 0.717) is 23.8 Å². The zero-order chi connectivity index (χ0) is 16.9. The highest BCUT2D eigenvalue weighted by atomic mass is 127. The molecule has 3 N–H and O–H groups in total. The van der Waals surface area contributed by atoms with Crippen LogP contribution >= 0.6 is 24.0 Å². The summed E-state index contributed by atoms with van der Waals surface area (Å²) >= 11 is 0. The van der Waals surface area contributed by atoms with Crippen LogP contribution in [0.2, 0.25) is 0 Å². The van der Waals surface area contributed by atoms with Gasteiger partial charge in [-0.2, -0.15) is 0 Å². The van der Waals surface area contributed by atoms with Gasteiger partial charge < -0.3 is 11.1 Å². The summed E-state index contributed by atoms with van der Waals surface area (Å²) in [5.41, 5.74) is 8.95. The largest absolute Gasteiger partial charge is 0.370 e. The van der Waals surface area contributed by atoms with Crippen molar-refractivity contribution in [1.82, 2.24) is 0 Å². The van der Waals surface area contributed by atoms with E-state index in [2.05, 4.69) is 10.3 Å². The van der Waals surface area contributed by atoms with Crippen LogP contribution in [0.4, 0.5) is 5.69 Å². The number of hydrogen-bond donors (Lipinski definition) is 2. The first-order valence-electron chi connectivity index (χ1n) is 7.27. The fraction of sp³-hybridized carbons (Fsp3) is 0.235. The highest BCUT2D eigenvalue weighted by Gasteiger charge is 2.05. The van der Waals surface area contributed by atoms with Crippen LogP contribution in [0.1, 0.15) is 11.1 Å². The van der Waals surface area contributed by atoms with Crippen molar-refractivity contribution in [2.45, 2.75) is 18.2 Å². The molecule has 0 aliphatic heterocycles. The van der Waals surface area contributed by atoms with E-state index in [1.165, 1.54) is 11.8 Å². The molecule has 0 aliphatic rings. The normalized spacial score (nSPS) is 11.7. The fourth-order valence-corrected chi connectivity index (χ4v) is 2.66. The van der Waals surface area contributed by atoms with E-state index in [-0.39, 0.29) is 24.0 Å². The van der Waals surface area contributed by atoms with Crippen LogP contribution in [0.25, 0.3) is 0 Å². The van der Waals surface area contributed by atoms with Gasteiger partial charge in [0, 0.05) is 18.5 Å². The topological polar surface area (TPSA) is 84.5 Å². The van der Waals surface area contributed by atoms with E-state index in [1.807, 2.05) is 31.2 Å². The van der Waals surface area contributed by atoms with E-state index in [4.69, 9.17) is 5.73 Å². The molecule has 7 heteroatoms. The predicted molar refractivity (Wildman–Crippen MR) is 110 cm³/mol. The number of hydrogen-bond acceptors (Lipinski definition) is 3. The number of halogens is 1. The summed E-state index contributed by atoms with van der Waals surface area (Å²) in [5, 5.41) is 3.03. The van der Waals surface area contributed by atoms with Crippen molar-refractivity contribution in [3.63, 3.8) is 0 Å². The summed E-state index contributed by atoms with van der Waals surface area (Å²) in [6.07, 6.45) is 1.89. The lowest BCUT2D eigenvalue weighted by Crippen LogP contribution is -2.23. The number of aliphatic imine (C=N–C) groups is 1. The molecule has 0 saturated heterocycles. The summed E-state index contributed by atoms with van der Waals surface area (Å²) in [5.74, 6) is 0.363. The van der Waals surface area contributed by atoms with Crippen molar-refractivity contribution in [2.24, 2.45) is 10.7 Å². The Bertz CT molecular complexity index is 786. The van der Waals surface area contributed by atoms with Crippen molar-refractivity contribution < 1.29 is 8.42 Å². The molecule has 0 heterocycles. The van der Waals surface area contributed by atoms with E-state index in [0.717, 1.165) is 11.3 Å². The Hall–Kier alpha value is -1.61. The van der Waals surface area contributed by atoms with Crippen molar-refractivity contribution in [3.8, 4) is 0 Å². The number of anilines is 1. The van der Waals surface area contributed by atoms with Crippen LogP contribution in [0.15, 0.2) is 58.4 Å². The van der Waals surface area contributed by atoms with Crippen LogP contribution in [-0.2, 0) is 16.3 Å². The molecule has 0 amide bonds. The molecule has 24 heavy (non-hydrogen) atoms. The molecular weight excluding hydrogens is 437 g/mol. The number of benzene rings is 2. The number of nitrogens with one attached hydrogen (secondary N) is 1. The molecule has 0 saturated carbocycles. The van der Waals surface area contributed by atoms with Gasteiger partial charge in [-0.25, -0.2) is 8.42 Å². The summed E-state index contributed by atoms with van der Waals surface area (Å²) in [6, 6.07) is 14.7. The maximum absolute atomic E-state index is 11.4. The summed E-state index contributed by atoms with van der Waals surface area (Å²) in [4.78, 5) is 4.60. The first-order valence-corrected chi connectivity index (χ1v) is 9.16. The molecule has 0 atom stereocenters. The van der Waals surface area contributed by atoms with E-state index >= 15 is 0 Å². The molecule has 5 nitrogen and oxygen atoms in total. The predicted octanol–water partition coefficient (Wildman–Crippen LogP) is 2.99. The second-order valence-corrected chi connectivity index (χ2v) is 7.44. The number of rotatable bonds is 5. The van der Waals surface area contributed by atoms with Gasteiger partial charge >= 0.3 is 0 Å². The van der Waals surface area contributed by atoms with Crippen molar-refractivity contribution in [2.75, 3.05) is 18.1 Å². The van der Waals surface area contributed by atoms with Crippen molar-refractivity contribution in [1.29, 1.82) is 0 Å². The van der Waals surface area contributed by atoms with Gasteiger partial charge in [0.15, 0.2) is 15.8 Å². The minimum Gasteiger partial charge on any atom is -0.370 e. The lowest BCUT2D eigenvalue weighted by Gasteiger charge is -2.06. The first-order chi connectivity index (χ1) is 10.8. The molecule has 0 unspecified atom stereocenters. The Balaban J connectivity index is 0.00000288. The van der Waals surface area contributed by atoms with Gasteiger partial charge in [0.25, 0.3) is 0 Å². The third kappa shape index (κ3) is 6.48. The molecule has 2 aromatic rings. The number of nitrogens with two attached hydrogens (primary N) is 1. The summed E-state index contributed by atoms with van der Waals surface area (Å²) in [7, 11) is -3.15. The number of guanidine groups is 1. The smallest absolute Gasteiger partial charge is 0.193 e. The van der Waals surface area contributed by atoms with Gasteiger partial charge in [0.05, 0.1) is 4.90 Å². The van der Waals surface area contributed by atoms with E-state index < -0.39 is 9.84 Å². The van der Waals surface area contributed by atoms with Crippen LogP contribution < -0.4 is 11.1 Å². The van der Waals surface area contributed by atoms with Crippen molar-refractivity contribution >= 4 is 45.5 Å². The number of nitrogens with zero attached hydrogens (tertiary/aromatic N) is 1. The molecule has 0 spiro atoms. The minimum absolute atomic E-state index is 0. The quantitative estimate of drug-likeness (QED) is 0.409. The zero-order valence-electron chi connectivity index (χ0n) is 13.7. The van der Waals surface area contributed by atoms with Gasteiger partial charge in [-0.3, -0.25) is 4.99 Å². The Morgan fingerprint density at radius 3 is 2.21 bits per heavy atom. The fourth-order valence-electron chi connectivity index (χ4n) is 2.03. The van der Waals surface area contributed by atoms with Crippen LogP contribution in [0, 0.1) is 6.92 Å². The molecule has 2 aromatic carbocycles.